The first kappa shape index (κ1) is 67.5. The van der Waals surface area contributed by atoms with Crippen LogP contribution in [0.15, 0.2) is 437 Å². The fourth-order valence-electron chi connectivity index (χ4n) is 20.3. The lowest BCUT2D eigenvalue weighted by Gasteiger charge is -2.16. The van der Waals surface area contributed by atoms with Gasteiger partial charge in [-0.1, -0.05) is 303 Å². The van der Waals surface area contributed by atoms with Gasteiger partial charge in [-0.3, -0.25) is 0 Å². The summed E-state index contributed by atoms with van der Waals surface area (Å²) in [6.07, 6.45) is 0. The van der Waals surface area contributed by atoms with Crippen molar-refractivity contribution in [1.29, 1.82) is 0 Å². The number of para-hydroxylation sites is 6. The van der Waals surface area contributed by atoms with Crippen molar-refractivity contribution < 1.29 is 0 Å². The van der Waals surface area contributed by atoms with Gasteiger partial charge < -0.3 is 18.3 Å². The quantitative estimate of drug-likeness (QED) is 0.135. The van der Waals surface area contributed by atoms with Gasteiger partial charge >= 0.3 is 0 Å². The van der Waals surface area contributed by atoms with E-state index in [2.05, 4.69) is 455 Å². The molecule has 0 fully saturated rings. The second-order valence-electron chi connectivity index (χ2n) is 32.1. The van der Waals surface area contributed by atoms with Crippen LogP contribution in [0, 0.1) is 0 Å². The molecule has 0 amide bonds. The van der Waals surface area contributed by atoms with Crippen LogP contribution in [0.2, 0.25) is 0 Å². The third-order valence-corrected chi connectivity index (χ3v) is 25.7. The molecule has 0 N–H and O–H groups in total. The van der Waals surface area contributed by atoms with Crippen molar-refractivity contribution in [3.05, 3.63) is 437 Å². The smallest absolute Gasteiger partial charge is 0.0541 e. The zero-order valence-electron chi connectivity index (χ0n) is 65.4. The molecule has 26 aromatic rings. The van der Waals surface area contributed by atoms with Crippen molar-refractivity contribution in [2.45, 2.75) is 0 Å². The van der Waals surface area contributed by atoms with Gasteiger partial charge in [0.15, 0.2) is 0 Å². The van der Waals surface area contributed by atoms with Gasteiger partial charge in [0.05, 0.1) is 49.8 Å². The Hall–Kier alpha value is -15.9. The minimum absolute atomic E-state index is 1.16. The number of rotatable bonds is 8. The molecule has 4 aromatic heterocycles. The molecule has 0 spiro atoms. The molecule has 4 heteroatoms. The van der Waals surface area contributed by atoms with E-state index in [9.17, 15) is 0 Å². The van der Waals surface area contributed by atoms with Gasteiger partial charge in [0.1, 0.15) is 0 Å². The first-order valence-corrected chi connectivity index (χ1v) is 41.5. The Morgan fingerprint density at radius 2 is 0.375 bits per heavy atom. The van der Waals surface area contributed by atoms with Gasteiger partial charge in [0.2, 0.25) is 0 Å². The van der Waals surface area contributed by atoms with Crippen molar-refractivity contribution in [2.24, 2.45) is 0 Å². The van der Waals surface area contributed by atoms with Crippen LogP contribution in [0.25, 0.3) is 241 Å². The Labute approximate surface area is 691 Å². The lowest BCUT2D eigenvalue weighted by molar-refractivity contribution is 1.18. The molecule has 0 radical (unpaired) electrons. The zero-order valence-corrected chi connectivity index (χ0v) is 65.4. The fourth-order valence-corrected chi connectivity index (χ4v) is 20.3. The highest BCUT2D eigenvalue weighted by Crippen LogP contribution is 2.46. The summed E-state index contributed by atoms with van der Waals surface area (Å²) in [6, 6.07) is 161. The molecule has 0 aliphatic carbocycles. The van der Waals surface area contributed by atoms with Gasteiger partial charge in [-0.25, -0.2) is 0 Å². The Bertz CT molecular complexity index is 8720. The van der Waals surface area contributed by atoms with Crippen molar-refractivity contribution in [1.82, 2.24) is 18.3 Å². The van der Waals surface area contributed by atoms with Gasteiger partial charge in [-0.2, -0.15) is 0 Å². The zero-order chi connectivity index (χ0) is 78.6. The predicted molar refractivity (Wildman–Crippen MR) is 512 cm³/mol. The molecule has 0 aliphatic rings. The van der Waals surface area contributed by atoms with Gasteiger partial charge in [0, 0.05) is 65.5 Å². The molecular weight excluding hydrogens is 1450 g/mol. The van der Waals surface area contributed by atoms with Crippen LogP contribution in [-0.4, -0.2) is 18.3 Å². The molecule has 0 aliphatic heterocycles. The average molecular weight is 1520 g/mol. The molecule has 0 saturated heterocycles. The number of aromatic nitrogens is 4. The molecule has 4 heterocycles. The van der Waals surface area contributed by atoms with E-state index in [0.29, 0.717) is 0 Å². The van der Waals surface area contributed by atoms with Crippen molar-refractivity contribution in [2.75, 3.05) is 0 Å². The summed E-state index contributed by atoms with van der Waals surface area (Å²) in [5, 5.41) is 30.5. The molecule has 120 heavy (non-hydrogen) atoms. The van der Waals surface area contributed by atoms with Crippen LogP contribution >= 0.6 is 0 Å². The van der Waals surface area contributed by atoms with E-state index >= 15 is 0 Å². The number of hydrogen-bond acceptors (Lipinski definition) is 0. The van der Waals surface area contributed by atoms with Crippen LogP contribution in [0.4, 0.5) is 0 Å². The highest BCUT2D eigenvalue weighted by atomic mass is 15.0. The van der Waals surface area contributed by atoms with E-state index in [4.69, 9.17) is 0 Å². The van der Waals surface area contributed by atoms with Gasteiger partial charge in [0.25, 0.3) is 0 Å². The SMILES string of the molecule is c1ccc(-n2c3ccccc3c3cc(-c4ccc5c(c4)c4ccccc4n5-c4ccc(-c5ccc6c7ccccc7c7ccccc7c6c5)c5ccccc45)ccc32)cc1.c1ccc(-n2c3ccccc3c3cc(-c4ccc5c(c4)c4ccccc4n5-c4ccc5cc(-c6ccc7c8ccccc8c8ccccc8c7c6)ccc5c4)ccc32)cc1. The molecule has 26 rings (SSSR count). The largest absolute Gasteiger partial charge is 0.309 e. The van der Waals surface area contributed by atoms with Crippen LogP contribution in [0.3, 0.4) is 0 Å². The van der Waals surface area contributed by atoms with Crippen LogP contribution in [0.1, 0.15) is 0 Å². The fraction of sp³-hybridized carbons (Fsp3) is 0. The van der Waals surface area contributed by atoms with Crippen LogP contribution in [-0.2, 0) is 0 Å². The third-order valence-electron chi connectivity index (χ3n) is 25.7. The van der Waals surface area contributed by atoms with Crippen molar-refractivity contribution >= 4 is 173 Å². The number of nitrogens with zero attached hydrogens (tertiary/aromatic N) is 4. The minimum atomic E-state index is 1.16. The molecule has 22 aromatic carbocycles. The minimum Gasteiger partial charge on any atom is -0.309 e. The van der Waals surface area contributed by atoms with Gasteiger partial charge in [-0.15, -0.1) is 0 Å². The van der Waals surface area contributed by atoms with Crippen LogP contribution in [0.5, 0.6) is 0 Å². The maximum atomic E-state index is 2.47. The van der Waals surface area contributed by atoms with E-state index in [-0.39, 0.29) is 0 Å². The van der Waals surface area contributed by atoms with Crippen molar-refractivity contribution in [3.8, 4) is 67.3 Å². The molecule has 556 valence electrons. The first-order valence-electron chi connectivity index (χ1n) is 41.5. The standard InChI is InChI=1S/2C58H36N2/c1-2-12-43(13-3-1)59-55-20-10-8-18-50(55)53-35-41(26-30-57(53)59)42-27-31-58-54(36-42)51-19-9-11-21-56(51)60(58)44-28-24-38-32-37(22-23-39(38)33-44)40-25-29-49-47-16-5-4-14-45(47)46-15-6-7-17-48(46)52(49)34-40;1-2-14-40(15-3-1)59-54-24-12-10-22-49(54)52-34-37(27-31-57(52)59)38-28-32-58-53(35-38)50-23-11-13-25-55(50)60(58)56-33-30-41(42-16-8-9-21-48(42)56)39-26-29-47-45-19-5-4-17-43(45)44-18-6-7-20-46(44)51(47)36-39/h2*1-36H. The predicted octanol–water partition coefficient (Wildman–Crippen LogP) is 31.7. The lowest BCUT2D eigenvalue weighted by atomic mass is 9.90. The molecule has 0 unspecified atom stereocenters. The Balaban J connectivity index is 0.000000133. The average Bonchev–Trinajstić information content (AvgIpc) is 0.936. The maximum absolute atomic E-state index is 2.47. The van der Waals surface area contributed by atoms with Crippen LogP contribution < -0.4 is 0 Å². The Kier molecular flexibility index (Phi) is 15.1. The maximum Gasteiger partial charge on any atom is 0.0541 e. The monoisotopic (exact) mass is 1520 g/mol. The summed E-state index contributed by atoms with van der Waals surface area (Å²) in [7, 11) is 0. The normalized spacial score (nSPS) is 12.0. The highest BCUT2D eigenvalue weighted by Gasteiger charge is 2.23. The summed E-state index contributed by atoms with van der Waals surface area (Å²) in [5.41, 5.74) is 24.1. The second-order valence-corrected chi connectivity index (χ2v) is 32.1. The Morgan fingerprint density at radius 3 is 0.792 bits per heavy atom. The van der Waals surface area contributed by atoms with E-state index in [1.54, 1.807) is 0 Å². The third kappa shape index (κ3) is 10.4. The Morgan fingerprint density at radius 1 is 0.117 bits per heavy atom. The summed E-state index contributed by atoms with van der Waals surface area (Å²) in [4.78, 5) is 0. The molecule has 0 bridgehead atoms. The molecule has 4 nitrogen and oxygen atoms in total. The summed E-state index contributed by atoms with van der Waals surface area (Å²) < 4.78 is 9.65. The molecule has 0 atom stereocenters. The highest BCUT2D eigenvalue weighted by molar-refractivity contribution is 6.28. The molecular formula is C116H72N4. The summed E-state index contributed by atoms with van der Waals surface area (Å²) >= 11 is 0. The topological polar surface area (TPSA) is 19.7 Å². The first-order chi connectivity index (χ1) is 59.5. The molecule has 0 saturated carbocycles. The van der Waals surface area contributed by atoms with Crippen molar-refractivity contribution in [3.63, 3.8) is 0 Å². The van der Waals surface area contributed by atoms with E-state index in [1.807, 2.05) is 0 Å². The number of benzene rings is 22. The lowest BCUT2D eigenvalue weighted by Crippen LogP contribution is -1.96. The second kappa shape index (κ2) is 26.9. The van der Waals surface area contributed by atoms with E-state index in [0.717, 1.165) is 5.69 Å². The number of fused-ring (bicyclic) bond motifs is 26. The number of hydrogen-bond donors (Lipinski definition) is 0. The van der Waals surface area contributed by atoms with Gasteiger partial charge in [-0.05, 0) is 259 Å². The summed E-state index contributed by atoms with van der Waals surface area (Å²) in [6.45, 7) is 0. The van der Waals surface area contributed by atoms with E-state index < -0.39 is 0 Å². The van der Waals surface area contributed by atoms with E-state index in [1.165, 1.54) is 235 Å². The summed E-state index contributed by atoms with van der Waals surface area (Å²) in [5.74, 6) is 0.